The molecule has 1 aliphatic heterocycles. The zero-order chi connectivity index (χ0) is 28.4. The minimum Gasteiger partial charge on any atom is -0.432 e. The van der Waals surface area contributed by atoms with Crippen LogP contribution in [0.15, 0.2) is 27.5 Å². The van der Waals surface area contributed by atoms with Crippen LogP contribution in [0.5, 0.6) is 0 Å². The highest BCUT2D eigenvalue weighted by molar-refractivity contribution is 7.98. The van der Waals surface area contributed by atoms with E-state index in [1.165, 1.54) is 32.1 Å². The summed E-state index contributed by atoms with van der Waals surface area (Å²) in [6.07, 6.45) is 8.45. The zero-order valence-electron chi connectivity index (χ0n) is 24.7. The summed E-state index contributed by atoms with van der Waals surface area (Å²) in [6.45, 7) is 13.6. The molecule has 1 saturated heterocycles. The second kappa shape index (κ2) is 11.8. The van der Waals surface area contributed by atoms with Crippen LogP contribution < -0.4 is 10.0 Å². The van der Waals surface area contributed by atoms with Crippen LogP contribution in [0, 0.1) is 5.92 Å². The molecule has 2 aromatic rings. The van der Waals surface area contributed by atoms with Gasteiger partial charge in [-0.05, 0) is 81.0 Å². The van der Waals surface area contributed by atoms with E-state index in [0.29, 0.717) is 29.8 Å². The number of ether oxygens (including phenoxy) is 1. The van der Waals surface area contributed by atoms with Gasteiger partial charge < -0.3 is 14.5 Å². The van der Waals surface area contributed by atoms with Gasteiger partial charge in [0.05, 0.1) is 15.4 Å². The Labute approximate surface area is 235 Å². The summed E-state index contributed by atoms with van der Waals surface area (Å²) in [5, 5.41) is 3.09. The van der Waals surface area contributed by atoms with Gasteiger partial charge >= 0.3 is 5.91 Å². The van der Waals surface area contributed by atoms with Crippen molar-refractivity contribution in [2.45, 2.75) is 115 Å². The van der Waals surface area contributed by atoms with E-state index in [2.05, 4.69) is 42.7 Å². The third-order valence-corrected chi connectivity index (χ3v) is 9.54. The molecule has 0 bridgehead atoms. The van der Waals surface area contributed by atoms with Gasteiger partial charge in [0.1, 0.15) is 0 Å². The maximum absolute atomic E-state index is 13.8. The lowest BCUT2D eigenvalue weighted by Gasteiger charge is -2.29. The van der Waals surface area contributed by atoms with Crippen molar-refractivity contribution in [2.24, 2.45) is 5.92 Å². The molecule has 1 amide bonds. The van der Waals surface area contributed by atoms with Gasteiger partial charge in [0.25, 0.3) is 5.89 Å². The van der Waals surface area contributed by atoms with Crippen LogP contribution in [0.25, 0.3) is 11.3 Å². The first kappa shape index (κ1) is 29.8. The predicted octanol–water partition coefficient (Wildman–Crippen LogP) is 6.05. The number of amides is 1. The van der Waals surface area contributed by atoms with Crippen LogP contribution in [0.2, 0.25) is 0 Å². The summed E-state index contributed by atoms with van der Waals surface area (Å²) in [6, 6.07) is 5.95. The first-order valence-corrected chi connectivity index (χ1v) is 16.1. The van der Waals surface area contributed by atoms with E-state index in [1.807, 2.05) is 32.9 Å². The van der Waals surface area contributed by atoms with Crippen molar-refractivity contribution in [1.29, 1.82) is 0 Å². The van der Waals surface area contributed by atoms with Gasteiger partial charge in [0.2, 0.25) is 0 Å². The summed E-state index contributed by atoms with van der Waals surface area (Å²) in [4.78, 5) is 18.6. The van der Waals surface area contributed by atoms with Gasteiger partial charge in [-0.1, -0.05) is 52.9 Å². The van der Waals surface area contributed by atoms with Crippen molar-refractivity contribution in [3.8, 4) is 11.3 Å². The lowest BCUT2D eigenvalue weighted by atomic mass is 9.84. The first-order chi connectivity index (χ1) is 18.2. The number of nitrogens with zero attached hydrogens (tertiary/aromatic N) is 1. The molecule has 1 aliphatic carbocycles. The highest BCUT2D eigenvalue weighted by atomic mass is 32.2. The van der Waals surface area contributed by atoms with E-state index in [0.717, 1.165) is 36.1 Å². The third-order valence-electron chi connectivity index (χ3n) is 7.53. The van der Waals surface area contributed by atoms with E-state index in [4.69, 9.17) is 14.1 Å². The average Bonchev–Trinajstić information content (AvgIpc) is 3.27. The summed E-state index contributed by atoms with van der Waals surface area (Å²) >= 11 is 0. The van der Waals surface area contributed by atoms with E-state index in [9.17, 15) is 9.00 Å². The Morgan fingerprint density at radius 1 is 1.05 bits per heavy atom. The van der Waals surface area contributed by atoms with Gasteiger partial charge in [-0.2, -0.15) is 0 Å². The second-order valence-electron chi connectivity index (χ2n) is 13.4. The standard InChI is InChI=1S/C31H47N3O4S/c1-30(2,3)24-20-22(13-14-26(24)39(7,36)34-31(4,5)6)27-25(19-21-11-9-8-10-12-21)33-29(38-27)28(35)32-23-15-17-37-18-16-23/h13-14,20-21,23H,7-12,15-19H2,1-6H3,(H,32,35)(H,34,36). The molecule has 1 aromatic carbocycles. The van der Waals surface area contributed by atoms with Crippen LogP contribution in [0.4, 0.5) is 0 Å². The minimum absolute atomic E-state index is 0.0655. The Bertz CT molecular complexity index is 1260. The zero-order valence-corrected chi connectivity index (χ0v) is 25.5. The molecule has 1 saturated carbocycles. The number of hydrogen-bond acceptors (Lipinski definition) is 5. The number of hydrogen-bond donors (Lipinski definition) is 2. The number of carbonyl (C=O) groups excluding carboxylic acids is 1. The number of carbonyl (C=O) groups is 1. The monoisotopic (exact) mass is 557 g/mol. The van der Waals surface area contributed by atoms with Crippen LogP contribution in [0.1, 0.15) is 108 Å². The number of benzene rings is 1. The molecule has 39 heavy (non-hydrogen) atoms. The molecule has 1 atom stereocenters. The van der Waals surface area contributed by atoms with E-state index in [1.54, 1.807) is 0 Å². The van der Waals surface area contributed by atoms with Crippen molar-refractivity contribution in [3.63, 3.8) is 0 Å². The van der Waals surface area contributed by atoms with E-state index >= 15 is 0 Å². The molecular formula is C31H47N3O4S. The molecule has 8 heteroatoms. The number of nitrogens with one attached hydrogen (secondary N) is 2. The lowest BCUT2D eigenvalue weighted by Crippen LogP contribution is -2.41. The molecule has 2 fully saturated rings. The molecule has 0 radical (unpaired) electrons. The minimum atomic E-state index is -2.76. The van der Waals surface area contributed by atoms with E-state index in [-0.39, 0.29) is 28.8 Å². The second-order valence-corrected chi connectivity index (χ2v) is 15.3. The predicted molar refractivity (Wildman–Crippen MR) is 159 cm³/mol. The highest BCUT2D eigenvalue weighted by Crippen LogP contribution is 2.37. The molecule has 216 valence electrons. The van der Waals surface area contributed by atoms with Gasteiger partial charge in [0.15, 0.2) is 5.76 Å². The topological polar surface area (TPSA) is 93.5 Å². The molecular weight excluding hydrogens is 510 g/mol. The lowest BCUT2D eigenvalue weighted by molar-refractivity contribution is 0.0680. The smallest absolute Gasteiger partial charge is 0.307 e. The van der Waals surface area contributed by atoms with Gasteiger partial charge in [-0.3, -0.25) is 4.79 Å². The normalized spacial score (nSPS) is 19.5. The third kappa shape index (κ3) is 7.74. The van der Waals surface area contributed by atoms with Crippen molar-refractivity contribution in [3.05, 3.63) is 35.3 Å². The first-order valence-electron chi connectivity index (χ1n) is 14.4. The Kier molecular flexibility index (Phi) is 8.98. The summed E-state index contributed by atoms with van der Waals surface area (Å²) in [5.74, 6) is 5.10. The molecule has 2 aliphatic rings. The summed E-state index contributed by atoms with van der Waals surface area (Å²) in [7, 11) is -2.76. The summed E-state index contributed by atoms with van der Waals surface area (Å²) in [5.41, 5.74) is 1.95. The van der Waals surface area contributed by atoms with Crippen LogP contribution in [0.3, 0.4) is 0 Å². The van der Waals surface area contributed by atoms with Crippen molar-refractivity contribution in [1.82, 2.24) is 15.0 Å². The fourth-order valence-corrected chi connectivity index (χ4v) is 7.77. The molecule has 2 N–H and O–H groups in total. The maximum Gasteiger partial charge on any atom is 0.307 e. The van der Waals surface area contributed by atoms with Crippen LogP contribution in [-0.2, 0) is 26.3 Å². The Morgan fingerprint density at radius 3 is 2.33 bits per heavy atom. The maximum atomic E-state index is 13.8. The number of oxazole rings is 1. The molecule has 1 unspecified atom stereocenters. The summed E-state index contributed by atoms with van der Waals surface area (Å²) < 4.78 is 28.7. The quantitative estimate of drug-likeness (QED) is 0.404. The SMILES string of the molecule is C=S(=O)(NC(C)(C)C)c1ccc(-c2oc(C(=O)NC3CCOCC3)nc2CC2CCCCC2)cc1C(C)(C)C. The average molecular weight is 558 g/mol. The van der Waals surface area contributed by atoms with Crippen LogP contribution >= 0.6 is 0 Å². The molecule has 2 heterocycles. The van der Waals surface area contributed by atoms with Gasteiger partial charge in [0, 0.05) is 35.3 Å². The van der Waals surface area contributed by atoms with Crippen LogP contribution in [-0.4, -0.2) is 45.8 Å². The molecule has 1 aromatic heterocycles. The fourth-order valence-electron chi connectivity index (χ4n) is 5.66. The Morgan fingerprint density at radius 2 is 1.72 bits per heavy atom. The van der Waals surface area contributed by atoms with Crippen molar-refractivity contribution < 1.29 is 18.2 Å². The van der Waals surface area contributed by atoms with E-state index < -0.39 is 9.71 Å². The number of rotatable bonds is 7. The highest BCUT2D eigenvalue weighted by Gasteiger charge is 2.29. The Balaban J connectivity index is 1.74. The Hall–Kier alpha value is -2.16. The molecule has 4 rings (SSSR count). The largest absolute Gasteiger partial charge is 0.432 e. The molecule has 7 nitrogen and oxygen atoms in total. The van der Waals surface area contributed by atoms with Gasteiger partial charge in [-0.15, -0.1) is 0 Å². The van der Waals surface area contributed by atoms with Gasteiger partial charge in [-0.25, -0.2) is 13.9 Å². The van der Waals surface area contributed by atoms with Crippen molar-refractivity contribution in [2.75, 3.05) is 13.2 Å². The van der Waals surface area contributed by atoms with Crippen molar-refractivity contribution >= 4 is 21.5 Å². The fraction of sp³-hybridized carbons (Fsp3) is 0.645. The number of aromatic nitrogens is 1. The molecule has 0 spiro atoms.